The van der Waals surface area contributed by atoms with Crippen LogP contribution >= 0.6 is 27.5 Å². The van der Waals surface area contributed by atoms with E-state index in [1.54, 1.807) is 6.20 Å². The molecule has 0 amide bonds. The van der Waals surface area contributed by atoms with Gasteiger partial charge in [0.05, 0.1) is 23.6 Å². The zero-order chi connectivity index (χ0) is 25.1. The van der Waals surface area contributed by atoms with Crippen molar-refractivity contribution in [2.45, 2.75) is 84.2 Å². The van der Waals surface area contributed by atoms with Gasteiger partial charge in [0.25, 0.3) is 0 Å². The predicted octanol–water partition coefficient (Wildman–Crippen LogP) is 7.96. The summed E-state index contributed by atoms with van der Waals surface area (Å²) in [5, 5.41) is 17.0. The lowest BCUT2D eigenvalue weighted by molar-refractivity contribution is 0.276. The second-order valence-electron chi connectivity index (χ2n) is 10.6. The van der Waals surface area contributed by atoms with Crippen LogP contribution < -0.4 is 10.6 Å². The van der Waals surface area contributed by atoms with E-state index in [2.05, 4.69) is 71.5 Å². The summed E-state index contributed by atoms with van der Waals surface area (Å²) >= 11 is 10.1. The monoisotopic (exact) mass is 563 g/mol. The molecule has 0 aliphatic heterocycles. The second-order valence-corrected chi connectivity index (χ2v) is 16.6. The minimum atomic E-state index is -1.90. The number of halogens is 2. The number of hydrogen-bond acceptors (Lipinski definition) is 6. The van der Waals surface area contributed by atoms with Crippen LogP contribution in [0.5, 0.6) is 0 Å². The number of nitrogens with zero attached hydrogens (tertiary/aromatic N) is 3. The fraction of sp³-hybridized carbons (Fsp3) is 0.560. The van der Waals surface area contributed by atoms with Gasteiger partial charge < -0.3 is 15.1 Å². The second kappa shape index (κ2) is 10.9. The minimum absolute atomic E-state index is 0.00765. The highest BCUT2D eigenvalue weighted by molar-refractivity contribution is 9.10. The lowest BCUT2D eigenvalue weighted by Gasteiger charge is -2.36. The normalized spacial score (nSPS) is 18.9. The molecule has 0 spiro atoms. The molecule has 2 aromatic rings. The molecule has 184 valence electrons. The number of anilines is 3. The Morgan fingerprint density at radius 1 is 1.26 bits per heavy atom. The maximum atomic E-state index is 9.51. The Bertz CT molecular complexity index is 1070. The van der Waals surface area contributed by atoms with Gasteiger partial charge in [0.1, 0.15) is 5.82 Å². The summed E-state index contributed by atoms with van der Waals surface area (Å²) in [7, 11) is -1.90. The van der Waals surface area contributed by atoms with Crippen LogP contribution in [0.2, 0.25) is 23.2 Å². The molecule has 1 aliphatic carbocycles. The number of nitriles is 1. The van der Waals surface area contributed by atoms with Crippen molar-refractivity contribution < 1.29 is 4.43 Å². The summed E-state index contributed by atoms with van der Waals surface area (Å²) in [4.78, 5) is 9.17. The van der Waals surface area contributed by atoms with Crippen molar-refractivity contribution in [3.63, 3.8) is 0 Å². The van der Waals surface area contributed by atoms with E-state index in [0.29, 0.717) is 17.6 Å². The molecular weight excluding hydrogens is 530 g/mol. The highest BCUT2D eigenvalue weighted by atomic mass is 79.9. The molecule has 3 rings (SSSR count). The van der Waals surface area contributed by atoms with E-state index in [1.165, 1.54) is 0 Å². The van der Waals surface area contributed by atoms with Crippen molar-refractivity contribution in [2.75, 3.05) is 10.6 Å². The number of aromatic nitrogens is 2. The molecule has 2 N–H and O–H groups in total. The number of aryl methyl sites for hydroxylation is 1. The third-order valence-electron chi connectivity index (χ3n) is 6.98. The number of benzene rings is 1. The van der Waals surface area contributed by atoms with Crippen LogP contribution in [-0.2, 0) is 11.0 Å². The van der Waals surface area contributed by atoms with Gasteiger partial charge in [-0.15, -0.1) is 0 Å². The third kappa shape index (κ3) is 6.51. The number of nitrogens with one attached hydrogen (secondary N) is 2. The first kappa shape index (κ1) is 26.9. The van der Waals surface area contributed by atoms with Crippen LogP contribution in [0.25, 0.3) is 0 Å². The summed E-state index contributed by atoms with van der Waals surface area (Å²) in [6, 6.07) is 6.43. The maximum Gasteiger partial charge on any atom is 0.229 e. The van der Waals surface area contributed by atoms with E-state index in [4.69, 9.17) is 21.0 Å². The Balaban J connectivity index is 1.79. The molecule has 1 saturated carbocycles. The first-order valence-corrected chi connectivity index (χ1v) is 15.9. The molecule has 34 heavy (non-hydrogen) atoms. The molecule has 2 atom stereocenters. The minimum Gasteiger partial charge on any atom is -0.413 e. The molecule has 1 heterocycles. The lowest BCUT2D eigenvalue weighted by atomic mass is 9.85. The standard InChI is InChI=1S/C25H35BrClN5OSi/c1-16-14-29-24(32-23(16)31-21-10-8-7-9-17(21)13-28)30-19-11-18(22(26)20(27)12-19)15-33-34(5,6)25(2,3)4/h11-12,14,17,21H,7-10,15H2,1-6H3,(H2,29,30,31,32)/t17-,21+/m0/s1. The van der Waals surface area contributed by atoms with Crippen molar-refractivity contribution >= 4 is 53.3 Å². The Kier molecular flexibility index (Phi) is 8.67. The molecule has 0 radical (unpaired) electrons. The SMILES string of the molecule is Cc1cnc(Nc2cc(Cl)c(Br)c(CO[Si](C)(C)C(C)(C)C)c2)nc1N[C@@H]1CCCC[C@H]1C#N. The number of rotatable bonds is 7. The average molecular weight is 565 g/mol. The highest BCUT2D eigenvalue weighted by Crippen LogP contribution is 2.39. The lowest BCUT2D eigenvalue weighted by Crippen LogP contribution is -2.40. The first-order chi connectivity index (χ1) is 15.9. The molecule has 1 aromatic heterocycles. The van der Waals surface area contributed by atoms with Crippen molar-refractivity contribution in [3.8, 4) is 6.07 Å². The Morgan fingerprint density at radius 3 is 2.65 bits per heavy atom. The topological polar surface area (TPSA) is 82.9 Å². The van der Waals surface area contributed by atoms with E-state index in [1.807, 2.05) is 19.1 Å². The fourth-order valence-corrected chi connectivity index (χ4v) is 5.24. The van der Waals surface area contributed by atoms with Crippen LogP contribution in [0.4, 0.5) is 17.5 Å². The third-order valence-corrected chi connectivity index (χ3v) is 12.9. The molecule has 1 fully saturated rings. The summed E-state index contributed by atoms with van der Waals surface area (Å²) in [5.74, 6) is 1.25. The van der Waals surface area contributed by atoms with Gasteiger partial charge in [-0.25, -0.2) is 4.98 Å². The van der Waals surface area contributed by atoms with Crippen molar-refractivity contribution in [1.82, 2.24) is 9.97 Å². The molecule has 1 aromatic carbocycles. The molecule has 9 heteroatoms. The zero-order valence-corrected chi connectivity index (χ0v) is 24.3. The molecule has 1 aliphatic rings. The van der Waals surface area contributed by atoms with Gasteiger partial charge in [0.2, 0.25) is 5.95 Å². The van der Waals surface area contributed by atoms with Gasteiger partial charge in [0.15, 0.2) is 8.32 Å². The smallest absolute Gasteiger partial charge is 0.229 e. The first-order valence-electron chi connectivity index (χ1n) is 11.8. The van der Waals surface area contributed by atoms with Crippen molar-refractivity contribution in [3.05, 3.63) is 39.0 Å². The van der Waals surface area contributed by atoms with Crippen LogP contribution in [-0.4, -0.2) is 24.3 Å². The molecule has 0 saturated heterocycles. The van der Waals surface area contributed by atoms with Crippen molar-refractivity contribution in [2.24, 2.45) is 5.92 Å². The van der Waals surface area contributed by atoms with Crippen LogP contribution in [0, 0.1) is 24.2 Å². The Hall–Kier alpha value is -1.66. The summed E-state index contributed by atoms with van der Waals surface area (Å²) in [6.07, 6.45) is 5.94. The van der Waals surface area contributed by atoms with Gasteiger partial charge >= 0.3 is 0 Å². The van der Waals surface area contributed by atoms with E-state index < -0.39 is 8.32 Å². The summed E-state index contributed by atoms with van der Waals surface area (Å²) in [6.45, 7) is 13.6. The van der Waals surface area contributed by atoms with E-state index in [-0.39, 0.29) is 17.0 Å². The van der Waals surface area contributed by atoms with Crippen LogP contribution in [0.15, 0.2) is 22.8 Å². The predicted molar refractivity (Wildman–Crippen MR) is 146 cm³/mol. The Labute approximate surface area is 218 Å². The summed E-state index contributed by atoms with van der Waals surface area (Å²) in [5.41, 5.74) is 2.72. The Morgan fingerprint density at radius 2 is 1.97 bits per heavy atom. The average Bonchev–Trinajstić information content (AvgIpc) is 2.77. The van der Waals surface area contributed by atoms with Gasteiger partial charge in [0, 0.05) is 28.0 Å². The molecule has 0 unspecified atom stereocenters. The highest BCUT2D eigenvalue weighted by Gasteiger charge is 2.37. The summed E-state index contributed by atoms with van der Waals surface area (Å²) < 4.78 is 7.25. The molecule has 0 bridgehead atoms. The van der Waals surface area contributed by atoms with Gasteiger partial charge in [-0.1, -0.05) is 45.2 Å². The van der Waals surface area contributed by atoms with Crippen molar-refractivity contribution in [1.29, 1.82) is 5.26 Å². The van der Waals surface area contributed by atoms with Crippen LogP contribution in [0.1, 0.15) is 57.6 Å². The van der Waals surface area contributed by atoms with E-state index >= 15 is 0 Å². The van der Waals surface area contributed by atoms with E-state index in [0.717, 1.165) is 52.8 Å². The van der Waals surface area contributed by atoms with Gasteiger partial charge in [-0.3, -0.25) is 0 Å². The van der Waals surface area contributed by atoms with Gasteiger partial charge in [-0.05, 0) is 71.5 Å². The zero-order valence-electron chi connectivity index (χ0n) is 20.9. The largest absolute Gasteiger partial charge is 0.413 e. The fourth-order valence-electron chi connectivity index (χ4n) is 3.71. The quantitative estimate of drug-likeness (QED) is 0.332. The van der Waals surface area contributed by atoms with Gasteiger partial charge in [-0.2, -0.15) is 10.2 Å². The molecular formula is C25H35BrClN5OSi. The van der Waals surface area contributed by atoms with Crippen LogP contribution in [0.3, 0.4) is 0 Å². The van der Waals surface area contributed by atoms with E-state index in [9.17, 15) is 5.26 Å². The maximum absolute atomic E-state index is 9.51. The number of hydrogen-bond donors (Lipinski definition) is 2. The molecule has 6 nitrogen and oxygen atoms in total.